The predicted molar refractivity (Wildman–Crippen MR) is 156 cm³/mol. The van der Waals surface area contributed by atoms with Crippen molar-refractivity contribution in [2.45, 2.75) is 116 Å². The Morgan fingerprint density at radius 1 is 0.915 bits per heavy atom. The van der Waals surface area contributed by atoms with Crippen LogP contribution < -0.4 is 0 Å². The number of hydrogen-bond donors (Lipinski definition) is 3. The lowest BCUT2D eigenvalue weighted by Crippen LogP contribution is -2.77. The number of allylic oxidation sites excluding steroid dienone is 1. The minimum absolute atomic E-state index is 0.0471. The fraction of sp³-hybridized carbons (Fsp3) is 0.794. The number of epoxide rings is 1. The lowest BCUT2D eigenvalue weighted by Gasteiger charge is -2.65. The maximum absolute atomic E-state index is 14.7. The molecule has 4 saturated carbocycles. The first kappa shape index (κ1) is 32.7. The summed E-state index contributed by atoms with van der Waals surface area (Å²) in [5.74, 6) is -7.75. The van der Waals surface area contributed by atoms with Crippen LogP contribution in [0.1, 0.15) is 68.2 Å². The van der Waals surface area contributed by atoms with E-state index in [1.807, 2.05) is 13.8 Å². The summed E-state index contributed by atoms with van der Waals surface area (Å²) in [5, 5.41) is 36.0. The Labute approximate surface area is 272 Å². The van der Waals surface area contributed by atoms with Crippen molar-refractivity contribution in [3.05, 3.63) is 11.8 Å². The van der Waals surface area contributed by atoms with Crippen LogP contribution in [0.4, 0.5) is 0 Å². The van der Waals surface area contributed by atoms with Gasteiger partial charge in [0.05, 0.1) is 11.5 Å². The average molecular weight is 661 g/mol. The minimum Gasteiger partial charge on any atom is -0.462 e. The zero-order valence-electron chi connectivity index (χ0n) is 27.8. The van der Waals surface area contributed by atoms with Crippen molar-refractivity contribution >= 4 is 29.7 Å². The van der Waals surface area contributed by atoms with E-state index in [0.717, 1.165) is 0 Å². The fourth-order valence-electron chi connectivity index (χ4n) is 11.8. The Hall–Kier alpha value is -2.87. The van der Waals surface area contributed by atoms with Crippen molar-refractivity contribution in [3.63, 3.8) is 0 Å². The molecule has 0 amide bonds. The molecule has 3 N–H and O–H groups in total. The number of hydrogen-bond acceptors (Lipinski definition) is 13. The number of ether oxygens (including phenoxy) is 5. The van der Waals surface area contributed by atoms with Gasteiger partial charge in [0.15, 0.2) is 11.4 Å². The van der Waals surface area contributed by atoms with E-state index in [1.165, 1.54) is 27.7 Å². The van der Waals surface area contributed by atoms with Gasteiger partial charge in [0.1, 0.15) is 41.9 Å². The molecule has 2 aliphatic heterocycles. The van der Waals surface area contributed by atoms with Gasteiger partial charge in [0.25, 0.3) is 0 Å². The molecule has 0 aromatic rings. The van der Waals surface area contributed by atoms with E-state index in [2.05, 4.69) is 0 Å². The van der Waals surface area contributed by atoms with E-state index in [1.54, 1.807) is 19.9 Å². The van der Waals surface area contributed by atoms with Crippen LogP contribution in [0.15, 0.2) is 11.8 Å². The molecule has 7 rings (SSSR count). The average Bonchev–Trinajstić information content (AvgIpc) is 3.62. The minimum atomic E-state index is -2.07. The molecule has 6 fully saturated rings. The number of rotatable bonds is 3. The van der Waals surface area contributed by atoms with Crippen molar-refractivity contribution in [1.29, 1.82) is 0 Å². The van der Waals surface area contributed by atoms with E-state index in [0.29, 0.717) is 0 Å². The number of aliphatic hydroxyl groups excluding tert-OH is 1. The molecule has 2 heterocycles. The van der Waals surface area contributed by atoms with Crippen LogP contribution in [0.25, 0.3) is 0 Å². The number of carbonyl (C=O) groups excluding carboxylic acids is 5. The SMILES string of the molecule is CC(=O)O[C@@H]1[C@H]2[C@@H]3C(=O)C(O)[C@@]4(O)C[C@@H]5O[C@@H]5[C@H](OC(C)=O)[C@]4(C)[C@H]3C[C@H](OC(C)=O)[C@]2(C)[C@@H]2[C@@H]1[C@]1(C)C(=C[C@H]2C)OC(=O)[C@@]1(C)O. The van der Waals surface area contributed by atoms with Crippen LogP contribution >= 0.6 is 0 Å². The van der Waals surface area contributed by atoms with Crippen LogP contribution in [-0.4, -0.2) is 92.8 Å². The highest BCUT2D eigenvalue weighted by atomic mass is 16.6. The lowest BCUT2D eigenvalue weighted by molar-refractivity contribution is -0.277. The maximum Gasteiger partial charge on any atom is 0.343 e. The molecule has 0 aromatic heterocycles. The molecule has 7 aliphatic rings. The van der Waals surface area contributed by atoms with Gasteiger partial charge < -0.3 is 39.0 Å². The highest BCUT2D eigenvalue weighted by molar-refractivity contribution is 5.90. The molecular formula is C34H44O13. The number of carbonyl (C=O) groups is 5. The summed E-state index contributed by atoms with van der Waals surface area (Å²) >= 11 is 0. The van der Waals surface area contributed by atoms with Gasteiger partial charge in [0.2, 0.25) is 0 Å². The van der Waals surface area contributed by atoms with E-state index in [9.17, 15) is 39.3 Å². The first-order valence-corrected chi connectivity index (χ1v) is 16.5. The molecule has 258 valence electrons. The largest absolute Gasteiger partial charge is 0.462 e. The molecule has 0 bridgehead atoms. The second-order valence-corrected chi connectivity index (χ2v) is 15.9. The molecule has 13 heteroatoms. The van der Waals surface area contributed by atoms with E-state index < -0.39 is 123 Å². The normalized spacial score (nSPS) is 55.1. The zero-order valence-corrected chi connectivity index (χ0v) is 27.8. The maximum atomic E-state index is 14.7. The van der Waals surface area contributed by atoms with E-state index >= 15 is 0 Å². The highest BCUT2D eigenvalue weighted by Crippen LogP contribution is 2.76. The molecule has 1 unspecified atom stereocenters. The molecule has 2 saturated heterocycles. The van der Waals surface area contributed by atoms with E-state index in [-0.39, 0.29) is 24.5 Å². The van der Waals surface area contributed by atoms with Crippen molar-refractivity contribution < 1.29 is 63.0 Å². The smallest absolute Gasteiger partial charge is 0.343 e. The van der Waals surface area contributed by atoms with Crippen LogP contribution in [0.2, 0.25) is 0 Å². The van der Waals surface area contributed by atoms with E-state index in [4.69, 9.17) is 23.7 Å². The van der Waals surface area contributed by atoms with Crippen LogP contribution in [0.5, 0.6) is 0 Å². The van der Waals surface area contributed by atoms with Gasteiger partial charge in [-0.3, -0.25) is 19.2 Å². The van der Waals surface area contributed by atoms with Gasteiger partial charge in [-0.1, -0.05) is 20.8 Å². The summed E-state index contributed by atoms with van der Waals surface area (Å²) < 4.78 is 29.7. The summed E-state index contributed by atoms with van der Waals surface area (Å²) in [6.07, 6.45) is -4.38. The van der Waals surface area contributed by atoms with Gasteiger partial charge in [-0.15, -0.1) is 0 Å². The number of ketones is 1. The molecule has 0 aromatic carbocycles. The number of fused-ring (bicyclic) bond motifs is 10. The van der Waals surface area contributed by atoms with Crippen molar-refractivity contribution in [3.8, 4) is 0 Å². The first-order chi connectivity index (χ1) is 21.7. The van der Waals surface area contributed by atoms with Crippen LogP contribution in [0.3, 0.4) is 0 Å². The lowest BCUT2D eigenvalue weighted by atomic mass is 9.40. The monoisotopic (exact) mass is 660 g/mol. The Balaban J connectivity index is 1.48. The standard InChI is InChI=1S/C34H44O13/c1-12-9-19-32(7,33(8,41)29(40)47-19)23-21(12)30(5)18(43-13(2)35)10-16-20(22(30)26(23)44-14(3)36)24(38)27(39)34(42)11-17-25(46-17)28(31(16,34)6)45-15(4)37/h9,12,16-18,20-23,25-28,39,41-42H,10-11H2,1-8H3/t12-,16+,17+,18+,20-,21+,22-,23+,25+,26-,27?,28+,30-,31+,32+,33-,34+/m1/s1. The molecule has 0 spiro atoms. The van der Waals surface area contributed by atoms with Crippen LogP contribution in [-0.2, 0) is 47.7 Å². The quantitative estimate of drug-likeness (QED) is 0.220. The summed E-state index contributed by atoms with van der Waals surface area (Å²) in [5.41, 5.74) is -8.12. The van der Waals surface area contributed by atoms with Gasteiger partial charge in [0, 0.05) is 55.8 Å². The molecule has 17 atom stereocenters. The molecule has 0 radical (unpaired) electrons. The van der Waals surface area contributed by atoms with Gasteiger partial charge in [-0.25, -0.2) is 4.79 Å². The Morgan fingerprint density at radius 3 is 2.13 bits per heavy atom. The number of esters is 4. The summed E-state index contributed by atoms with van der Waals surface area (Å²) in [7, 11) is 0. The summed E-state index contributed by atoms with van der Waals surface area (Å²) in [4.78, 5) is 66.1. The van der Waals surface area contributed by atoms with Gasteiger partial charge in [-0.05, 0) is 44.1 Å². The van der Waals surface area contributed by atoms with Crippen LogP contribution in [0, 0.1) is 51.8 Å². The molecule has 5 aliphatic carbocycles. The Bertz CT molecular complexity index is 1520. The van der Waals surface area contributed by atoms with Crippen molar-refractivity contribution in [2.75, 3.05) is 0 Å². The van der Waals surface area contributed by atoms with Crippen molar-refractivity contribution in [1.82, 2.24) is 0 Å². The predicted octanol–water partition coefficient (Wildman–Crippen LogP) is 0.986. The number of aliphatic hydroxyl groups is 3. The second kappa shape index (κ2) is 9.64. The summed E-state index contributed by atoms with van der Waals surface area (Å²) in [6, 6.07) is 0. The topological polar surface area (TPSA) is 195 Å². The summed E-state index contributed by atoms with van der Waals surface area (Å²) in [6.45, 7) is 12.2. The third-order valence-electron chi connectivity index (χ3n) is 14.0. The highest BCUT2D eigenvalue weighted by Gasteiger charge is 2.84. The Kier molecular flexibility index (Phi) is 6.70. The third-order valence-corrected chi connectivity index (χ3v) is 14.0. The Morgan fingerprint density at radius 2 is 1.53 bits per heavy atom. The zero-order chi connectivity index (χ0) is 34.5. The first-order valence-electron chi connectivity index (χ1n) is 16.5. The third kappa shape index (κ3) is 3.72. The molecule has 13 nitrogen and oxygen atoms in total. The van der Waals surface area contributed by atoms with Crippen molar-refractivity contribution in [2.24, 2.45) is 51.8 Å². The number of Topliss-reactive ketones (excluding diaryl/α,β-unsaturated/α-hetero) is 1. The molecular weight excluding hydrogens is 616 g/mol. The molecule has 47 heavy (non-hydrogen) atoms. The fourth-order valence-corrected chi connectivity index (χ4v) is 11.8. The van der Waals surface area contributed by atoms with Gasteiger partial charge >= 0.3 is 23.9 Å². The second-order valence-electron chi connectivity index (χ2n) is 15.9. The van der Waals surface area contributed by atoms with Gasteiger partial charge in [-0.2, -0.15) is 0 Å².